The summed E-state index contributed by atoms with van der Waals surface area (Å²) in [6.45, 7) is 2.33. The number of nitrogens with zero attached hydrogens (tertiary/aromatic N) is 3. The fourth-order valence-electron chi connectivity index (χ4n) is 2.50. The minimum Gasteiger partial charge on any atom is -0.481 e. The van der Waals surface area contributed by atoms with E-state index in [2.05, 4.69) is 9.97 Å². The number of carboxylic acids is 1. The van der Waals surface area contributed by atoms with Gasteiger partial charge in [-0.2, -0.15) is 0 Å². The topological polar surface area (TPSA) is 68.0 Å². The van der Waals surface area contributed by atoms with Gasteiger partial charge in [0.25, 0.3) is 0 Å². The highest BCUT2D eigenvalue weighted by molar-refractivity contribution is 5.84. The molecule has 0 fully saturated rings. The second kappa shape index (κ2) is 5.36. The lowest BCUT2D eigenvalue weighted by molar-refractivity contribution is -0.137. The van der Waals surface area contributed by atoms with Crippen molar-refractivity contribution < 1.29 is 9.90 Å². The highest BCUT2D eigenvalue weighted by atomic mass is 16.4. The normalized spacial score (nSPS) is 10.9. The molecule has 5 heteroatoms. The summed E-state index contributed by atoms with van der Waals surface area (Å²) in [6.07, 6.45) is 3.54. The predicted octanol–water partition coefficient (Wildman–Crippen LogP) is 2.88. The zero-order chi connectivity index (χ0) is 14.8. The molecule has 3 aromatic rings. The summed E-state index contributed by atoms with van der Waals surface area (Å²) >= 11 is 0. The molecule has 5 nitrogen and oxygen atoms in total. The third kappa shape index (κ3) is 2.50. The first kappa shape index (κ1) is 13.3. The molecule has 21 heavy (non-hydrogen) atoms. The summed E-state index contributed by atoms with van der Waals surface area (Å²) in [4.78, 5) is 19.6. The first-order valence-corrected chi connectivity index (χ1v) is 6.75. The van der Waals surface area contributed by atoms with E-state index >= 15 is 0 Å². The average molecular weight is 281 g/mol. The highest BCUT2D eigenvalue weighted by Gasteiger charge is 2.14. The zero-order valence-corrected chi connectivity index (χ0v) is 11.7. The van der Waals surface area contributed by atoms with Crippen LogP contribution in [0.1, 0.15) is 12.1 Å². The van der Waals surface area contributed by atoms with E-state index in [1.807, 2.05) is 41.8 Å². The second-order valence-corrected chi connectivity index (χ2v) is 4.88. The van der Waals surface area contributed by atoms with Gasteiger partial charge in [-0.25, -0.2) is 4.98 Å². The molecule has 0 aliphatic rings. The Bertz CT molecular complexity index is 808. The molecule has 0 spiro atoms. The van der Waals surface area contributed by atoms with Gasteiger partial charge < -0.3 is 9.67 Å². The van der Waals surface area contributed by atoms with Crippen LogP contribution in [0.5, 0.6) is 0 Å². The van der Waals surface area contributed by atoms with Gasteiger partial charge in [-0.1, -0.05) is 0 Å². The maximum absolute atomic E-state index is 10.9. The SMILES string of the molecule is Cc1ncccc1-c1cc2cccnc2n1CCC(=O)O. The van der Waals surface area contributed by atoms with Crippen LogP contribution in [-0.2, 0) is 11.3 Å². The lowest BCUT2D eigenvalue weighted by Crippen LogP contribution is -2.07. The smallest absolute Gasteiger partial charge is 0.305 e. The summed E-state index contributed by atoms with van der Waals surface area (Å²) in [6, 6.07) is 9.77. The van der Waals surface area contributed by atoms with Gasteiger partial charge in [-0.05, 0) is 37.3 Å². The molecular weight excluding hydrogens is 266 g/mol. The molecule has 0 bridgehead atoms. The zero-order valence-electron chi connectivity index (χ0n) is 11.7. The summed E-state index contributed by atoms with van der Waals surface area (Å²) in [5.74, 6) is -0.818. The summed E-state index contributed by atoms with van der Waals surface area (Å²) in [5, 5.41) is 9.96. The van der Waals surface area contributed by atoms with E-state index < -0.39 is 5.97 Å². The van der Waals surface area contributed by atoms with E-state index in [0.717, 1.165) is 28.0 Å². The molecule has 0 amide bonds. The summed E-state index contributed by atoms with van der Waals surface area (Å²) < 4.78 is 1.95. The van der Waals surface area contributed by atoms with Crippen molar-refractivity contribution in [1.29, 1.82) is 0 Å². The van der Waals surface area contributed by atoms with Crippen LogP contribution in [0.15, 0.2) is 42.7 Å². The summed E-state index contributed by atoms with van der Waals surface area (Å²) in [7, 11) is 0. The minimum atomic E-state index is -0.818. The van der Waals surface area contributed by atoms with Gasteiger partial charge >= 0.3 is 5.97 Å². The molecule has 0 radical (unpaired) electrons. The molecule has 0 aliphatic heterocycles. The van der Waals surface area contributed by atoms with Gasteiger partial charge in [0, 0.05) is 35.6 Å². The van der Waals surface area contributed by atoms with Crippen LogP contribution in [0.3, 0.4) is 0 Å². The minimum absolute atomic E-state index is 0.0622. The van der Waals surface area contributed by atoms with Crippen molar-refractivity contribution in [3.8, 4) is 11.3 Å². The molecule has 106 valence electrons. The molecular formula is C16H15N3O2. The lowest BCUT2D eigenvalue weighted by atomic mass is 10.1. The van der Waals surface area contributed by atoms with Crippen molar-refractivity contribution in [2.75, 3.05) is 0 Å². The maximum atomic E-state index is 10.9. The Labute approximate surface area is 121 Å². The van der Waals surface area contributed by atoms with Crippen molar-refractivity contribution in [2.24, 2.45) is 0 Å². The Morgan fingerprint density at radius 1 is 1.24 bits per heavy atom. The van der Waals surface area contributed by atoms with Crippen molar-refractivity contribution >= 4 is 17.0 Å². The Morgan fingerprint density at radius 2 is 2.00 bits per heavy atom. The molecule has 0 aromatic carbocycles. The first-order valence-electron chi connectivity index (χ1n) is 6.75. The monoisotopic (exact) mass is 281 g/mol. The highest BCUT2D eigenvalue weighted by Crippen LogP contribution is 2.28. The average Bonchev–Trinajstić information content (AvgIpc) is 2.84. The van der Waals surface area contributed by atoms with E-state index in [4.69, 9.17) is 5.11 Å². The van der Waals surface area contributed by atoms with Gasteiger partial charge in [0.15, 0.2) is 0 Å². The number of hydrogen-bond acceptors (Lipinski definition) is 3. The van der Waals surface area contributed by atoms with E-state index in [1.54, 1.807) is 12.4 Å². The van der Waals surface area contributed by atoms with Gasteiger partial charge in [-0.15, -0.1) is 0 Å². The number of carboxylic acid groups (broad SMARTS) is 1. The lowest BCUT2D eigenvalue weighted by Gasteiger charge is -2.10. The quantitative estimate of drug-likeness (QED) is 0.798. The number of pyridine rings is 2. The molecule has 0 saturated heterocycles. The van der Waals surface area contributed by atoms with Gasteiger partial charge in [-0.3, -0.25) is 9.78 Å². The van der Waals surface area contributed by atoms with Crippen molar-refractivity contribution in [3.05, 3.63) is 48.4 Å². The first-order chi connectivity index (χ1) is 10.2. The van der Waals surface area contributed by atoms with Crippen LogP contribution in [0.2, 0.25) is 0 Å². The van der Waals surface area contributed by atoms with E-state index in [0.29, 0.717) is 6.54 Å². The summed E-state index contributed by atoms with van der Waals surface area (Å²) in [5.41, 5.74) is 3.67. The molecule has 3 aromatic heterocycles. The Kier molecular flexibility index (Phi) is 3.39. The van der Waals surface area contributed by atoms with Gasteiger partial charge in [0.1, 0.15) is 5.65 Å². The Hall–Kier alpha value is -2.69. The van der Waals surface area contributed by atoms with E-state index in [1.165, 1.54) is 0 Å². The van der Waals surface area contributed by atoms with Crippen molar-refractivity contribution in [1.82, 2.24) is 14.5 Å². The number of aromatic nitrogens is 3. The van der Waals surface area contributed by atoms with Crippen LogP contribution in [-0.4, -0.2) is 25.6 Å². The predicted molar refractivity (Wildman–Crippen MR) is 80.0 cm³/mol. The molecule has 1 N–H and O–H groups in total. The maximum Gasteiger partial charge on any atom is 0.305 e. The third-order valence-corrected chi connectivity index (χ3v) is 3.49. The van der Waals surface area contributed by atoms with E-state index in [9.17, 15) is 4.79 Å². The number of hydrogen-bond donors (Lipinski definition) is 1. The van der Waals surface area contributed by atoms with Crippen molar-refractivity contribution in [3.63, 3.8) is 0 Å². The van der Waals surface area contributed by atoms with Crippen LogP contribution in [0, 0.1) is 6.92 Å². The largest absolute Gasteiger partial charge is 0.481 e. The van der Waals surface area contributed by atoms with E-state index in [-0.39, 0.29) is 6.42 Å². The van der Waals surface area contributed by atoms with Crippen LogP contribution in [0.25, 0.3) is 22.3 Å². The molecule has 0 aliphatic carbocycles. The number of aryl methyl sites for hydroxylation is 2. The molecule has 3 rings (SSSR count). The standard InChI is InChI=1S/C16H15N3O2/c1-11-13(5-3-7-17-11)14-10-12-4-2-8-18-16(12)19(14)9-6-15(20)21/h2-5,7-8,10H,6,9H2,1H3,(H,20,21). The number of rotatable bonds is 4. The third-order valence-electron chi connectivity index (χ3n) is 3.49. The molecule has 0 atom stereocenters. The Balaban J connectivity index is 2.19. The second-order valence-electron chi connectivity index (χ2n) is 4.88. The molecule has 3 heterocycles. The fraction of sp³-hybridized carbons (Fsp3) is 0.188. The van der Waals surface area contributed by atoms with Crippen LogP contribution < -0.4 is 0 Å². The van der Waals surface area contributed by atoms with Crippen molar-refractivity contribution in [2.45, 2.75) is 19.9 Å². The number of fused-ring (bicyclic) bond motifs is 1. The fourth-order valence-corrected chi connectivity index (χ4v) is 2.50. The Morgan fingerprint density at radius 3 is 2.76 bits per heavy atom. The molecule has 0 saturated carbocycles. The van der Waals surface area contributed by atoms with Gasteiger partial charge in [0.05, 0.1) is 12.1 Å². The van der Waals surface area contributed by atoms with Crippen LogP contribution in [0.4, 0.5) is 0 Å². The molecule has 0 unspecified atom stereocenters. The number of carbonyl (C=O) groups is 1. The van der Waals surface area contributed by atoms with Crippen LogP contribution >= 0.6 is 0 Å². The van der Waals surface area contributed by atoms with Gasteiger partial charge in [0.2, 0.25) is 0 Å². The number of aliphatic carboxylic acids is 1.